The van der Waals surface area contributed by atoms with E-state index in [0.29, 0.717) is 0 Å². The fraction of sp³-hybridized carbons (Fsp3) is 0.364. The summed E-state index contributed by atoms with van der Waals surface area (Å²) < 4.78 is 4.66. The Morgan fingerprint density at radius 2 is 2.19 bits per heavy atom. The summed E-state index contributed by atoms with van der Waals surface area (Å²) in [5.41, 5.74) is 4.91. The average Bonchev–Trinajstić information content (AvgIpc) is 2.35. The molecule has 4 N–H and O–H groups in total. The molecule has 0 aromatic carbocycles. The molecule has 0 aliphatic rings. The second-order valence-electron chi connectivity index (χ2n) is 3.95. The van der Waals surface area contributed by atoms with Gasteiger partial charge in [-0.15, -0.1) is 0 Å². The highest BCUT2D eigenvalue weighted by Gasteiger charge is 2.22. The van der Waals surface area contributed by atoms with E-state index in [-0.39, 0.29) is 36.3 Å². The number of pyridine rings is 1. The second-order valence-corrected chi connectivity index (χ2v) is 3.95. The first-order chi connectivity index (χ1) is 9.85. The number of Topliss-reactive ketones (excluding diaryl/α,β-unsaturated/α-hetero) is 1. The number of hydrogen-bond donors (Lipinski definition) is 3. The van der Waals surface area contributed by atoms with Crippen molar-refractivity contribution in [3.63, 3.8) is 0 Å². The van der Waals surface area contributed by atoms with Gasteiger partial charge in [-0.25, -0.2) is 9.78 Å². The van der Waals surface area contributed by atoms with Crippen molar-refractivity contribution in [3.05, 3.63) is 16.2 Å². The number of carbonyl (C=O) groups excluding carboxylic acids is 2. The van der Waals surface area contributed by atoms with E-state index in [1.54, 1.807) is 6.92 Å². The van der Waals surface area contributed by atoms with Crippen LogP contribution in [0.4, 0.5) is 27.8 Å². The van der Waals surface area contributed by atoms with E-state index in [1.165, 1.54) is 6.92 Å². The molecule has 1 heterocycles. The number of aromatic nitrogens is 1. The summed E-state index contributed by atoms with van der Waals surface area (Å²) in [5.74, 6) is -0.474. The van der Waals surface area contributed by atoms with Crippen molar-refractivity contribution in [1.29, 1.82) is 0 Å². The molecular weight excluding hydrogens is 282 g/mol. The molecule has 0 saturated heterocycles. The van der Waals surface area contributed by atoms with Crippen molar-refractivity contribution in [3.8, 4) is 0 Å². The Kier molecular flexibility index (Phi) is 5.40. The van der Waals surface area contributed by atoms with Gasteiger partial charge in [-0.1, -0.05) is 0 Å². The lowest BCUT2D eigenvalue weighted by Crippen LogP contribution is -2.17. The van der Waals surface area contributed by atoms with Crippen LogP contribution in [0.2, 0.25) is 0 Å². The third kappa shape index (κ3) is 4.60. The van der Waals surface area contributed by atoms with E-state index < -0.39 is 16.7 Å². The maximum absolute atomic E-state index is 11.3. The highest BCUT2D eigenvalue weighted by Crippen LogP contribution is 2.31. The number of nitrogens with two attached hydrogens (primary N) is 1. The zero-order chi connectivity index (χ0) is 16.0. The van der Waals surface area contributed by atoms with Crippen LogP contribution < -0.4 is 16.4 Å². The monoisotopic (exact) mass is 297 g/mol. The highest BCUT2D eigenvalue weighted by atomic mass is 16.6. The van der Waals surface area contributed by atoms with Crippen LogP contribution in [0.25, 0.3) is 0 Å². The zero-order valence-electron chi connectivity index (χ0n) is 11.5. The molecule has 114 valence electrons. The third-order valence-electron chi connectivity index (χ3n) is 2.22. The molecule has 21 heavy (non-hydrogen) atoms. The number of ketones is 1. The van der Waals surface area contributed by atoms with Crippen molar-refractivity contribution >= 4 is 34.9 Å². The predicted molar refractivity (Wildman–Crippen MR) is 75.1 cm³/mol. The van der Waals surface area contributed by atoms with Crippen LogP contribution >= 0.6 is 0 Å². The summed E-state index contributed by atoms with van der Waals surface area (Å²) in [7, 11) is 0. The van der Waals surface area contributed by atoms with Gasteiger partial charge in [0.15, 0.2) is 0 Å². The Bertz CT molecular complexity index is 574. The van der Waals surface area contributed by atoms with E-state index in [9.17, 15) is 19.7 Å². The van der Waals surface area contributed by atoms with Gasteiger partial charge in [-0.3, -0.25) is 20.2 Å². The van der Waals surface area contributed by atoms with Gasteiger partial charge in [0.25, 0.3) is 0 Å². The van der Waals surface area contributed by atoms with Gasteiger partial charge in [-0.2, -0.15) is 0 Å². The summed E-state index contributed by atoms with van der Waals surface area (Å²) in [6.07, 6.45) is -0.768. The first-order valence-corrected chi connectivity index (χ1v) is 5.97. The van der Waals surface area contributed by atoms with Crippen LogP contribution in [0.15, 0.2) is 6.07 Å². The number of anilines is 3. The van der Waals surface area contributed by atoms with E-state index in [4.69, 9.17) is 5.73 Å². The molecule has 1 amide bonds. The molecule has 10 nitrogen and oxygen atoms in total. The minimum absolute atomic E-state index is 0.0254. The molecule has 0 aliphatic carbocycles. The minimum Gasteiger partial charge on any atom is -0.450 e. The molecule has 0 atom stereocenters. The number of rotatable bonds is 6. The van der Waals surface area contributed by atoms with E-state index in [0.717, 1.165) is 6.07 Å². The van der Waals surface area contributed by atoms with Crippen LogP contribution in [0.5, 0.6) is 0 Å². The van der Waals surface area contributed by atoms with Gasteiger partial charge in [-0.05, 0) is 13.8 Å². The van der Waals surface area contributed by atoms with Crippen molar-refractivity contribution in [2.75, 3.05) is 29.5 Å². The number of amides is 1. The van der Waals surface area contributed by atoms with Gasteiger partial charge >= 0.3 is 11.8 Å². The molecule has 0 spiro atoms. The molecule has 0 fully saturated rings. The number of hydrogen-bond acceptors (Lipinski definition) is 8. The quantitative estimate of drug-likeness (QED) is 0.522. The molecule has 10 heteroatoms. The Balaban J connectivity index is 3.10. The summed E-state index contributed by atoms with van der Waals surface area (Å²) >= 11 is 0. The van der Waals surface area contributed by atoms with Crippen LogP contribution in [0.1, 0.15) is 13.8 Å². The van der Waals surface area contributed by atoms with Crippen LogP contribution in [-0.2, 0) is 9.53 Å². The fourth-order valence-electron chi connectivity index (χ4n) is 1.42. The number of nitro groups is 1. The maximum atomic E-state index is 11.3. The number of ether oxygens (including phenoxy) is 1. The summed E-state index contributed by atoms with van der Waals surface area (Å²) in [5, 5.41) is 15.8. The molecule has 0 unspecified atom stereocenters. The Labute approximate surface area is 119 Å². The van der Waals surface area contributed by atoms with Crippen LogP contribution in [0, 0.1) is 10.1 Å². The smallest absolute Gasteiger partial charge is 0.412 e. The van der Waals surface area contributed by atoms with Gasteiger partial charge in [0.1, 0.15) is 17.3 Å². The SMILES string of the molecule is CCOC(=O)Nc1cc(N)c([N+](=O)[O-])c(NCC(C)=O)n1. The molecule has 1 rings (SSSR count). The Morgan fingerprint density at radius 1 is 1.52 bits per heavy atom. The summed E-state index contributed by atoms with van der Waals surface area (Å²) in [6.45, 7) is 2.93. The van der Waals surface area contributed by atoms with Crippen molar-refractivity contribution in [2.45, 2.75) is 13.8 Å². The largest absolute Gasteiger partial charge is 0.450 e. The first kappa shape index (κ1) is 16.1. The topological polar surface area (TPSA) is 149 Å². The molecule has 0 saturated carbocycles. The highest BCUT2D eigenvalue weighted by molar-refractivity contribution is 5.87. The first-order valence-electron chi connectivity index (χ1n) is 5.97. The van der Waals surface area contributed by atoms with Gasteiger partial charge in [0.2, 0.25) is 5.82 Å². The lowest BCUT2D eigenvalue weighted by atomic mass is 10.3. The molecule has 1 aromatic heterocycles. The second kappa shape index (κ2) is 7.03. The number of nitrogens with one attached hydrogen (secondary N) is 2. The standard InChI is InChI=1S/C11H15N5O5/c1-3-21-11(18)15-8-4-7(12)9(16(19)20)10(14-8)13-5-6(2)17/h4H,3,5H2,1-2H3,(H4,12,13,14,15,18). The normalized spacial score (nSPS) is 9.81. The fourth-order valence-corrected chi connectivity index (χ4v) is 1.42. The summed E-state index contributed by atoms with van der Waals surface area (Å²) in [4.78, 5) is 36.3. The number of nitrogens with zero attached hydrogens (tertiary/aromatic N) is 2. The third-order valence-corrected chi connectivity index (χ3v) is 2.22. The average molecular weight is 297 g/mol. The van der Waals surface area contributed by atoms with Crippen LogP contribution in [-0.4, -0.2) is 34.9 Å². The van der Waals surface area contributed by atoms with Crippen molar-refractivity contribution < 1.29 is 19.2 Å². The van der Waals surface area contributed by atoms with E-state index in [1.807, 2.05) is 0 Å². The number of nitrogen functional groups attached to an aromatic ring is 1. The van der Waals surface area contributed by atoms with Crippen LogP contribution in [0.3, 0.4) is 0 Å². The zero-order valence-corrected chi connectivity index (χ0v) is 11.5. The molecular formula is C11H15N5O5. The molecule has 0 bridgehead atoms. The van der Waals surface area contributed by atoms with Gasteiger partial charge < -0.3 is 15.8 Å². The molecule has 0 aliphatic heterocycles. The minimum atomic E-state index is -0.768. The van der Waals surface area contributed by atoms with E-state index in [2.05, 4.69) is 20.4 Å². The summed E-state index contributed by atoms with van der Waals surface area (Å²) in [6, 6.07) is 1.13. The lowest BCUT2D eigenvalue weighted by Gasteiger charge is -2.10. The number of carbonyl (C=O) groups is 2. The van der Waals surface area contributed by atoms with Gasteiger partial charge in [0.05, 0.1) is 18.1 Å². The van der Waals surface area contributed by atoms with Gasteiger partial charge in [0, 0.05) is 6.07 Å². The van der Waals surface area contributed by atoms with E-state index >= 15 is 0 Å². The maximum Gasteiger partial charge on any atom is 0.412 e. The lowest BCUT2D eigenvalue weighted by molar-refractivity contribution is -0.383. The van der Waals surface area contributed by atoms with Crippen molar-refractivity contribution in [1.82, 2.24) is 4.98 Å². The Hall–Kier alpha value is -2.91. The Morgan fingerprint density at radius 3 is 2.71 bits per heavy atom. The molecule has 0 radical (unpaired) electrons. The predicted octanol–water partition coefficient (Wildman–Crippen LogP) is 1.14. The molecule has 1 aromatic rings. The van der Waals surface area contributed by atoms with Crippen molar-refractivity contribution in [2.24, 2.45) is 0 Å².